The molecule has 0 aliphatic carbocycles. The van der Waals surface area contributed by atoms with E-state index in [9.17, 15) is 0 Å². The number of benzene rings is 1. The Morgan fingerprint density at radius 1 is 1.05 bits per heavy atom. The van der Waals surface area contributed by atoms with Crippen molar-refractivity contribution in [2.24, 2.45) is 5.10 Å². The number of rotatable bonds is 3. The molecule has 0 radical (unpaired) electrons. The maximum Gasteiger partial charge on any atom is 0.0705 e. The highest BCUT2D eigenvalue weighted by molar-refractivity contribution is 9.11. The van der Waals surface area contributed by atoms with Crippen LogP contribution in [-0.4, -0.2) is 37.4 Å². The lowest BCUT2D eigenvalue weighted by Crippen LogP contribution is -2.44. The summed E-state index contributed by atoms with van der Waals surface area (Å²) in [4.78, 5) is 3.61. The zero-order valence-corrected chi connectivity index (χ0v) is 14.4. The van der Waals surface area contributed by atoms with Crippen molar-refractivity contribution in [3.63, 3.8) is 0 Å². The summed E-state index contributed by atoms with van der Waals surface area (Å²) < 4.78 is 1.15. The molecule has 1 saturated heterocycles. The number of halogens is 1. The third-order valence-corrected chi connectivity index (χ3v) is 5.16. The molecule has 0 bridgehead atoms. The van der Waals surface area contributed by atoms with E-state index in [4.69, 9.17) is 0 Å². The standard InChI is InChI=1S/C16H18BrN3S/c1-13-2-4-14(5-3-13)19-8-10-20(11-9-19)18-12-15-6-7-16(17)21-15/h2-7,12H,8-11H2,1H3. The first kappa shape index (κ1) is 14.6. The van der Waals surface area contributed by atoms with Crippen molar-refractivity contribution in [3.8, 4) is 0 Å². The maximum absolute atomic E-state index is 4.58. The van der Waals surface area contributed by atoms with E-state index in [0.29, 0.717) is 0 Å². The van der Waals surface area contributed by atoms with Gasteiger partial charge in [-0.15, -0.1) is 11.3 Å². The Balaban J connectivity index is 1.55. The van der Waals surface area contributed by atoms with E-state index in [1.54, 1.807) is 11.3 Å². The summed E-state index contributed by atoms with van der Waals surface area (Å²) in [7, 11) is 0. The lowest BCUT2D eigenvalue weighted by atomic mass is 10.2. The first-order valence-electron chi connectivity index (χ1n) is 7.06. The van der Waals surface area contributed by atoms with Crippen LogP contribution >= 0.6 is 27.3 Å². The lowest BCUT2D eigenvalue weighted by molar-refractivity contribution is 0.272. The molecular weight excluding hydrogens is 346 g/mol. The number of hydrogen-bond donors (Lipinski definition) is 0. The summed E-state index contributed by atoms with van der Waals surface area (Å²) in [5, 5.41) is 6.73. The monoisotopic (exact) mass is 363 g/mol. The van der Waals surface area contributed by atoms with Crippen molar-refractivity contribution in [2.75, 3.05) is 31.1 Å². The Hall–Kier alpha value is -1.33. The first-order chi connectivity index (χ1) is 10.2. The number of thiophene rings is 1. The van der Waals surface area contributed by atoms with Crippen LogP contribution in [0.3, 0.4) is 0 Å². The fourth-order valence-electron chi connectivity index (χ4n) is 2.36. The molecule has 5 heteroatoms. The molecule has 1 fully saturated rings. The van der Waals surface area contributed by atoms with E-state index < -0.39 is 0 Å². The number of hydrogen-bond acceptors (Lipinski definition) is 4. The van der Waals surface area contributed by atoms with Gasteiger partial charge in [0, 0.05) is 23.7 Å². The van der Waals surface area contributed by atoms with Gasteiger partial charge >= 0.3 is 0 Å². The highest BCUT2D eigenvalue weighted by Gasteiger charge is 2.15. The van der Waals surface area contributed by atoms with Gasteiger partial charge < -0.3 is 4.90 Å². The van der Waals surface area contributed by atoms with Crippen LogP contribution in [0.4, 0.5) is 5.69 Å². The van der Waals surface area contributed by atoms with Crippen molar-refractivity contribution >= 4 is 39.2 Å². The lowest BCUT2D eigenvalue weighted by Gasteiger charge is -2.34. The first-order valence-corrected chi connectivity index (χ1v) is 8.67. The van der Waals surface area contributed by atoms with E-state index in [-0.39, 0.29) is 0 Å². The van der Waals surface area contributed by atoms with Gasteiger partial charge in [0.05, 0.1) is 23.1 Å². The van der Waals surface area contributed by atoms with E-state index in [0.717, 1.165) is 30.0 Å². The Morgan fingerprint density at radius 3 is 2.38 bits per heavy atom. The zero-order chi connectivity index (χ0) is 14.7. The topological polar surface area (TPSA) is 18.8 Å². The van der Waals surface area contributed by atoms with Gasteiger partial charge in [-0.25, -0.2) is 0 Å². The highest BCUT2D eigenvalue weighted by atomic mass is 79.9. The molecule has 0 atom stereocenters. The predicted molar refractivity (Wildman–Crippen MR) is 94.6 cm³/mol. The average molecular weight is 364 g/mol. The molecule has 0 saturated carbocycles. The third kappa shape index (κ3) is 3.86. The summed E-state index contributed by atoms with van der Waals surface area (Å²) >= 11 is 5.18. The number of anilines is 1. The van der Waals surface area contributed by atoms with E-state index >= 15 is 0 Å². The number of piperazine rings is 1. The van der Waals surface area contributed by atoms with Gasteiger partial charge in [0.2, 0.25) is 0 Å². The second kappa shape index (κ2) is 6.62. The predicted octanol–water partition coefficient (Wildman–Crippen LogP) is 3.98. The van der Waals surface area contributed by atoms with Crippen LogP contribution in [0.25, 0.3) is 0 Å². The summed E-state index contributed by atoms with van der Waals surface area (Å²) in [5.41, 5.74) is 2.62. The van der Waals surface area contributed by atoms with Crippen molar-refractivity contribution in [1.29, 1.82) is 0 Å². The fourth-order valence-corrected chi connectivity index (χ4v) is 3.65. The molecule has 0 N–H and O–H groups in total. The van der Waals surface area contributed by atoms with Crippen LogP contribution in [-0.2, 0) is 0 Å². The average Bonchev–Trinajstić information content (AvgIpc) is 2.92. The van der Waals surface area contributed by atoms with Crippen LogP contribution < -0.4 is 4.90 Å². The molecule has 3 nitrogen and oxygen atoms in total. The van der Waals surface area contributed by atoms with Crippen LogP contribution in [0.15, 0.2) is 45.3 Å². The van der Waals surface area contributed by atoms with Crippen LogP contribution in [0.2, 0.25) is 0 Å². The van der Waals surface area contributed by atoms with E-state index in [2.05, 4.69) is 74.3 Å². The molecule has 0 spiro atoms. The summed E-state index contributed by atoms with van der Waals surface area (Å²) in [6, 6.07) is 12.9. The Labute approximate surface area is 138 Å². The van der Waals surface area contributed by atoms with Gasteiger partial charge in [0.15, 0.2) is 0 Å². The second-order valence-corrected chi connectivity index (χ2v) is 7.66. The number of aryl methyl sites for hydroxylation is 1. The molecule has 110 valence electrons. The minimum Gasteiger partial charge on any atom is -0.368 e. The van der Waals surface area contributed by atoms with Crippen LogP contribution in [0.5, 0.6) is 0 Å². The molecule has 0 amide bonds. The fraction of sp³-hybridized carbons (Fsp3) is 0.312. The molecule has 1 aromatic carbocycles. The van der Waals surface area contributed by atoms with Gasteiger partial charge in [0.25, 0.3) is 0 Å². The summed E-state index contributed by atoms with van der Waals surface area (Å²) in [5.74, 6) is 0. The van der Waals surface area contributed by atoms with Gasteiger partial charge in [0.1, 0.15) is 0 Å². The number of nitrogens with zero attached hydrogens (tertiary/aromatic N) is 3. The van der Waals surface area contributed by atoms with Crippen LogP contribution in [0.1, 0.15) is 10.4 Å². The SMILES string of the molecule is Cc1ccc(N2CCN(N=Cc3ccc(Br)s3)CC2)cc1. The molecule has 1 aromatic heterocycles. The van der Waals surface area contributed by atoms with Crippen molar-refractivity contribution in [1.82, 2.24) is 5.01 Å². The quantitative estimate of drug-likeness (QED) is 0.768. The normalized spacial score (nSPS) is 15.9. The van der Waals surface area contributed by atoms with Gasteiger partial charge in [-0.2, -0.15) is 5.10 Å². The highest BCUT2D eigenvalue weighted by Crippen LogP contribution is 2.21. The van der Waals surface area contributed by atoms with Gasteiger partial charge in [-0.1, -0.05) is 17.7 Å². The molecule has 21 heavy (non-hydrogen) atoms. The Bertz CT molecular complexity index is 613. The van der Waals surface area contributed by atoms with E-state index in [1.807, 2.05) is 6.21 Å². The summed E-state index contributed by atoms with van der Waals surface area (Å²) in [6.45, 7) is 6.11. The van der Waals surface area contributed by atoms with Crippen molar-refractivity contribution < 1.29 is 0 Å². The minimum absolute atomic E-state index is 0.969. The Morgan fingerprint density at radius 2 is 1.76 bits per heavy atom. The summed E-state index contributed by atoms with van der Waals surface area (Å²) in [6.07, 6.45) is 1.96. The van der Waals surface area contributed by atoms with Gasteiger partial charge in [-0.3, -0.25) is 5.01 Å². The molecule has 3 rings (SSSR count). The van der Waals surface area contributed by atoms with Crippen molar-refractivity contribution in [2.45, 2.75) is 6.92 Å². The van der Waals surface area contributed by atoms with E-state index in [1.165, 1.54) is 16.1 Å². The zero-order valence-electron chi connectivity index (χ0n) is 12.0. The molecule has 0 unspecified atom stereocenters. The van der Waals surface area contributed by atoms with Gasteiger partial charge in [-0.05, 0) is 47.1 Å². The molecule has 1 aliphatic heterocycles. The van der Waals surface area contributed by atoms with Crippen molar-refractivity contribution in [3.05, 3.63) is 50.6 Å². The third-order valence-electron chi connectivity index (χ3n) is 3.60. The number of hydrazone groups is 1. The molecular formula is C16H18BrN3S. The smallest absolute Gasteiger partial charge is 0.0705 e. The minimum atomic E-state index is 0.969. The van der Waals surface area contributed by atoms with Crippen LogP contribution in [0, 0.1) is 6.92 Å². The second-order valence-electron chi connectivity index (χ2n) is 5.16. The maximum atomic E-state index is 4.58. The largest absolute Gasteiger partial charge is 0.368 e. The Kier molecular flexibility index (Phi) is 4.60. The molecule has 2 heterocycles. The molecule has 1 aliphatic rings. The molecule has 2 aromatic rings.